The molecule has 0 saturated heterocycles. The lowest BCUT2D eigenvalue weighted by atomic mass is 10.0. The zero-order valence-electron chi connectivity index (χ0n) is 49.2. The zero-order chi connectivity index (χ0) is 55.9. The lowest BCUT2D eigenvalue weighted by Gasteiger charge is -2.19. The molecule has 0 saturated carbocycles. The van der Waals surface area contributed by atoms with E-state index in [0.717, 1.165) is 116 Å². The largest absolute Gasteiger partial charge is 0.472 e. The van der Waals surface area contributed by atoms with Crippen LogP contribution in [0.2, 0.25) is 0 Å². The quantitative estimate of drug-likeness (QED) is 0.0264. The van der Waals surface area contributed by atoms with Gasteiger partial charge in [0.1, 0.15) is 6.61 Å². The number of ether oxygens (including phenoxy) is 2. The number of rotatable bonds is 57. The molecule has 0 bridgehead atoms. The van der Waals surface area contributed by atoms with Crippen LogP contribution >= 0.6 is 7.82 Å². The van der Waals surface area contributed by atoms with Gasteiger partial charge in [0.05, 0.1) is 13.2 Å². The van der Waals surface area contributed by atoms with Crippen molar-refractivity contribution in [2.24, 2.45) is 5.73 Å². The van der Waals surface area contributed by atoms with Crippen molar-refractivity contribution in [2.75, 3.05) is 26.4 Å². The van der Waals surface area contributed by atoms with Crippen molar-refractivity contribution in [1.82, 2.24) is 0 Å². The first-order valence-electron chi connectivity index (χ1n) is 31.0. The molecule has 2 atom stereocenters. The Kier molecular flexibility index (Phi) is 58.7. The molecule has 2 unspecified atom stereocenters. The molecule has 0 radical (unpaired) electrons. The zero-order valence-corrected chi connectivity index (χ0v) is 50.0. The number of phosphoric acid groups is 1. The van der Waals surface area contributed by atoms with Crippen molar-refractivity contribution in [3.8, 4) is 0 Å². The fraction of sp³-hybridized carbons (Fsp3) is 0.672. The summed E-state index contributed by atoms with van der Waals surface area (Å²) in [5.74, 6) is -0.837. The predicted molar refractivity (Wildman–Crippen MR) is 330 cm³/mol. The van der Waals surface area contributed by atoms with Crippen LogP contribution < -0.4 is 5.73 Å². The second-order valence-corrected chi connectivity index (χ2v) is 21.6. The monoisotopic (exact) mass is 1090 g/mol. The Balaban J connectivity index is 3.93. The number of allylic oxidation sites excluding steroid dienone is 20. The minimum Gasteiger partial charge on any atom is -0.462 e. The molecule has 0 aromatic carbocycles. The molecule has 10 heteroatoms. The smallest absolute Gasteiger partial charge is 0.462 e. The highest BCUT2D eigenvalue weighted by molar-refractivity contribution is 7.47. The van der Waals surface area contributed by atoms with Gasteiger partial charge in [-0.25, -0.2) is 4.57 Å². The third kappa shape index (κ3) is 61.5. The molecule has 0 aromatic rings. The second kappa shape index (κ2) is 61.6. The number of hydrogen-bond donors (Lipinski definition) is 2. The molecule has 440 valence electrons. The van der Waals surface area contributed by atoms with E-state index in [2.05, 4.69) is 135 Å². The first-order valence-corrected chi connectivity index (χ1v) is 32.5. The Morgan fingerprint density at radius 2 is 0.675 bits per heavy atom. The van der Waals surface area contributed by atoms with Crippen LogP contribution in [0, 0.1) is 0 Å². The minimum atomic E-state index is -4.40. The molecule has 0 amide bonds. The van der Waals surface area contributed by atoms with Gasteiger partial charge in [-0.3, -0.25) is 18.6 Å². The molecule has 77 heavy (non-hydrogen) atoms. The molecule has 9 nitrogen and oxygen atoms in total. The Bertz CT molecular complexity index is 1670. The van der Waals surface area contributed by atoms with E-state index in [1.165, 1.54) is 109 Å². The van der Waals surface area contributed by atoms with Crippen molar-refractivity contribution in [1.29, 1.82) is 0 Å². The molecule has 0 aliphatic carbocycles. The van der Waals surface area contributed by atoms with Crippen LogP contribution in [0.3, 0.4) is 0 Å². The highest BCUT2D eigenvalue weighted by atomic mass is 31.2. The van der Waals surface area contributed by atoms with E-state index in [1.54, 1.807) is 0 Å². The first kappa shape index (κ1) is 73.4. The van der Waals surface area contributed by atoms with Gasteiger partial charge in [-0.2, -0.15) is 0 Å². The van der Waals surface area contributed by atoms with Gasteiger partial charge in [0.2, 0.25) is 0 Å². The summed E-state index contributed by atoms with van der Waals surface area (Å²) in [6, 6.07) is 0. The van der Waals surface area contributed by atoms with Crippen molar-refractivity contribution in [3.63, 3.8) is 0 Å². The summed E-state index contributed by atoms with van der Waals surface area (Å²) in [4.78, 5) is 35.2. The van der Waals surface area contributed by atoms with Gasteiger partial charge in [-0.15, -0.1) is 0 Å². The van der Waals surface area contributed by atoms with E-state index in [-0.39, 0.29) is 32.6 Å². The summed E-state index contributed by atoms with van der Waals surface area (Å²) in [5, 5.41) is 0. The highest BCUT2D eigenvalue weighted by Crippen LogP contribution is 2.43. The molecule has 0 heterocycles. The molecular weight excluding hydrogens is 978 g/mol. The highest BCUT2D eigenvalue weighted by Gasteiger charge is 2.26. The van der Waals surface area contributed by atoms with Gasteiger partial charge in [0.15, 0.2) is 6.10 Å². The topological polar surface area (TPSA) is 134 Å². The minimum absolute atomic E-state index is 0.0476. The molecule has 0 aliphatic rings. The van der Waals surface area contributed by atoms with Crippen LogP contribution in [0.15, 0.2) is 122 Å². The van der Waals surface area contributed by atoms with Gasteiger partial charge < -0.3 is 20.1 Å². The SMILES string of the molecule is CC/C=C\C/C=C\C/C=C\C/C=C\C/C=C\C/C=C\CCCCCCCCCCCCCCCCCCC(=O)OC(COC(=O)CCCCCCCCCC/C=C\C/C=C\C/C=C\C/C=C\CC)COP(=O)(O)OCCN. The van der Waals surface area contributed by atoms with Crippen molar-refractivity contribution >= 4 is 19.8 Å². The van der Waals surface area contributed by atoms with E-state index >= 15 is 0 Å². The predicted octanol–water partition coefficient (Wildman–Crippen LogP) is 20.0. The van der Waals surface area contributed by atoms with Crippen molar-refractivity contribution < 1.29 is 37.6 Å². The Morgan fingerprint density at radius 3 is 1.00 bits per heavy atom. The second-order valence-electron chi connectivity index (χ2n) is 20.2. The summed E-state index contributed by atoms with van der Waals surface area (Å²) in [7, 11) is -4.40. The third-order valence-corrected chi connectivity index (χ3v) is 13.8. The van der Waals surface area contributed by atoms with Crippen LogP contribution in [0.4, 0.5) is 0 Å². The molecule has 0 fully saturated rings. The Labute approximate surface area is 472 Å². The third-order valence-electron chi connectivity index (χ3n) is 12.8. The van der Waals surface area contributed by atoms with E-state index in [0.29, 0.717) is 6.42 Å². The summed E-state index contributed by atoms with van der Waals surface area (Å²) in [6.07, 6.45) is 85.5. The van der Waals surface area contributed by atoms with E-state index in [4.69, 9.17) is 24.3 Å². The number of unbranched alkanes of at least 4 members (excludes halogenated alkanes) is 24. The average Bonchev–Trinajstić information content (AvgIpc) is 3.42. The van der Waals surface area contributed by atoms with Gasteiger partial charge in [0.25, 0.3) is 0 Å². The molecular formula is C67H114NO8P. The number of carbonyl (C=O) groups excluding carboxylic acids is 2. The van der Waals surface area contributed by atoms with Gasteiger partial charge in [0, 0.05) is 19.4 Å². The number of hydrogen-bond acceptors (Lipinski definition) is 8. The Hall–Kier alpha value is -3.59. The van der Waals surface area contributed by atoms with Crippen LogP contribution in [-0.4, -0.2) is 49.3 Å². The summed E-state index contributed by atoms with van der Waals surface area (Å²) < 4.78 is 33.1. The number of carbonyl (C=O) groups is 2. The molecule has 0 aromatic heterocycles. The van der Waals surface area contributed by atoms with Crippen LogP contribution in [0.25, 0.3) is 0 Å². The standard InChI is InChI=1S/C67H114NO8P/c1-3-5-7-9-11-13-15-17-19-21-23-25-26-27-28-29-30-31-32-33-34-35-36-37-38-40-42-44-46-48-50-52-54-56-58-60-67(70)76-65(64-75-77(71,72)74-62-61-68)63-73-66(69)59-57-55-53-51-49-47-45-43-41-39-24-22-20-18-16-14-12-10-8-6-4-2/h5-8,11-14,17-20,23-25,27-28,30-31,39,65H,3-4,9-10,15-16,21-22,26,29,32-38,40-64,68H2,1-2H3,(H,71,72)/b7-5-,8-6-,13-11-,14-12-,19-17-,20-18-,25-23-,28-27-,31-30-,39-24-. The normalized spacial score (nSPS) is 13.9. The Morgan fingerprint density at radius 1 is 0.390 bits per heavy atom. The molecule has 0 rings (SSSR count). The molecule has 0 aliphatic heterocycles. The van der Waals surface area contributed by atoms with Crippen LogP contribution in [0.5, 0.6) is 0 Å². The fourth-order valence-electron chi connectivity index (χ4n) is 8.34. The van der Waals surface area contributed by atoms with Crippen molar-refractivity contribution in [2.45, 2.75) is 264 Å². The molecule has 3 N–H and O–H groups in total. The van der Waals surface area contributed by atoms with E-state index in [9.17, 15) is 19.0 Å². The maximum Gasteiger partial charge on any atom is 0.472 e. The van der Waals surface area contributed by atoms with Crippen LogP contribution in [0.1, 0.15) is 258 Å². The van der Waals surface area contributed by atoms with Gasteiger partial charge in [-0.05, 0) is 103 Å². The lowest BCUT2D eigenvalue weighted by molar-refractivity contribution is -0.161. The maximum atomic E-state index is 12.7. The number of esters is 2. The maximum absolute atomic E-state index is 12.7. The number of nitrogens with two attached hydrogens (primary N) is 1. The van der Waals surface area contributed by atoms with E-state index < -0.39 is 32.5 Å². The summed E-state index contributed by atoms with van der Waals surface area (Å²) >= 11 is 0. The summed E-state index contributed by atoms with van der Waals surface area (Å²) in [5.41, 5.74) is 5.39. The van der Waals surface area contributed by atoms with Gasteiger partial charge >= 0.3 is 19.8 Å². The average molecular weight is 1090 g/mol. The number of phosphoric ester groups is 1. The molecule has 0 spiro atoms. The van der Waals surface area contributed by atoms with E-state index in [1.807, 2.05) is 0 Å². The van der Waals surface area contributed by atoms with Gasteiger partial charge in [-0.1, -0.05) is 264 Å². The fourth-order valence-corrected chi connectivity index (χ4v) is 9.10. The van der Waals surface area contributed by atoms with Crippen LogP contribution in [-0.2, 0) is 32.7 Å². The first-order chi connectivity index (χ1) is 37.8. The van der Waals surface area contributed by atoms with Crippen molar-refractivity contribution in [3.05, 3.63) is 122 Å². The summed E-state index contributed by atoms with van der Waals surface area (Å²) in [6.45, 7) is 3.51. The lowest BCUT2D eigenvalue weighted by Crippen LogP contribution is -2.29.